The zero-order valence-electron chi connectivity index (χ0n) is 11.9. The predicted molar refractivity (Wildman–Crippen MR) is 90.7 cm³/mol. The number of nitrogens with zero attached hydrogens (tertiary/aromatic N) is 3. The Morgan fingerprint density at radius 3 is 3.05 bits per heavy atom. The Bertz CT molecular complexity index is 682. The van der Waals surface area contributed by atoms with E-state index >= 15 is 0 Å². The van der Waals surface area contributed by atoms with Gasteiger partial charge in [-0.05, 0) is 37.6 Å². The third kappa shape index (κ3) is 2.28. The Kier molecular flexibility index (Phi) is 3.27. The van der Waals surface area contributed by atoms with Crippen LogP contribution in [0.3, 0.4) is 0 Å². The van der Waals surface area contributed by atoms with Crippen LogP contribution in [0.1, 0.15) is 12.8 Å². The fraction of sp³-hybridized carbons (Fsp3) is 0.438. The van der Waals surface area contributed by atoms with Gasteiger partial charge in [-0.15, -0.1) is 0 Å². The Labute approximate surface area is 133 Å². The molecule has 2 aliphatic heterocycles. The summed E-state index contributed by atoms with van der Waals surface area (Å²) in [6.45, 7) is 4.53. The highest BCUT2D eigenvalue weighted by Crippen LogP contribution is 2.35. The maximum atomic E-state index is 6.27. The second-order valence-electron chi connectivity index (χ2n) is 6.00. The molecule has 4 nitrogen and oxygen atoms in total. The lowest BCUT2D eigenvalue weighted by Gasteiger charge is -2.39. The first-order valence-electron chi connectivity index (χ1n) is 7.55. The average molecular weight is 347 g/mol. The number of nitrogens with two attached hydrogens (primary N) is 1. The molecule has 3 heterocycles. The van der Waals surface area contributed by atoms with Crippen molar-refractivity contribution in [2.75, 3.05) is 36.8 Å². The minimum Gasteiger partial charge on any atom is -0.396 e. The molecule has 0 saturated carbocycles. The number of halogens is 1. The molecule has 2 N–H and O–H groups in total. The number of hydrogen-bond donors (Lipinski definition) is 1. The van der Waals surface area contributed by atoms with Gasteiger partial charge in [0.2, 0.25) is 0 Å². The summed E-state index contributed by atoms with van der Waals surface area (Å²) in [5.41, 5.74) is 9.23. The van der Waals surface area contributed by atoms with E-state index in [0.29, 0.717) is 6.04 Å². The molecule has 2 saturated heterocycles. The van der Waals surface area contributed by atoms with Crippen LogP contribution in [0.5, 0.6) is 0 Å². The van der Waals surface area contributed by atoms with Crippen molar-refractivity contribution in [1.82, 2.24) is 9.88 Å². The number of hydrogen-bond acceptors (Lipinski definition) is 4. The van der Waals surface area contributed by atoms with Gasteiger partial charge in [-0.2, -0.15) is 0 Å². The monoisotopic (exact) mass is 346 g/mol. The molecule has 1 aromatic heterocycles. The summed E-state index contributed by atoms with van der Waals surface area (Å²) in [4.78, 5) is 9.53. The number of anilines is 2. The third-order valence-electron chi connectivity index (χ3n) is 4.73. The highest BCUT2D eigenvalue weighted by Gasteiger charge is 2.31. The van der Waals surface area contributed by atoms with Gasteiger partial charge in [0.05, 0.1) is 23.1 Å². The second kappa shape index (κ2) is 5.14. The lowest BCUT2D eigenvalue weighted by Crippen LogP contribution is -2.50. The number of aromatic nitrogens is 1. The zero-order chi connectivity index (χ0) is 14.4. The van der Waals surface area contributed by atoms with Crippen molar-refractivity contribution in [1.29, 1.82) is 0 Å². The summed E-state index contributed by atoms with van der Waals surface area (Å²) in [7, 11) is 0. The van der Waals surface area contributed by atoms with Gasteiger partial charge in [-0.25, -0.2) is 0 Å². The molecule has 1 unspecified atom stereocenters. The van der Waals surface area contributed by atoms with Crippen LogP contribution >= 0.6 is 15.9 Å². The van der Waals surface area contributed by atoms with Crippen LogP contribution in [-0.2, 0) is 0 Å². The van der Waals surface area contributed by atoms with Crippen molar-refractivity contribution in [2.24, 2.45) is 0 Å². The largest absolute Gasteiger partial charge is 0.396 e. The van der Waals surface area contributed by atoms with E-state index in [1.807, 2.05) is 12.1 Å². The van der Waals surface area contributed by atoms with Crippen LogP contribution in [0.4, 0.5) is 11.4 Å². The van der Waals surface area contributed by atoms with Crippen LogP contribution < -0.4 is 10.6 Å². The third-order valence-corrected chi connectivity index (χ3v) is 5.23. The molecule has 2 fully saturated rings. The SMILES string of the molecule is Nc1cnc2ccc(Br)cc2c1N1CCN2CCCC2C1. The number of pyridine rings is 1. The van der Waals surface area contributed by atoms with Crippen molar-refractivity contribution < 1.29 is 0 Å². The molecule has 1 atom stereocenters. The lowest BCUT2D eigenvalue weighted by molar-refractivity contribution is 0.231. The van der Waals surface area contributed by atoms with Crippen molar-refractivity contribution in [3.63, 3.8) is 0 Å². The van der Waals surface area contributed by atoms with Crippen LogP contribution in [-0.4, -0.2) is 42.1 Å². The van der Waals surface area contributed by atoms with Gasteiger partial charge in [0, 0.05) is 35.5 Å². The smallest absolute Gasteiger partial charge is 0.0745 e. The van der Waals surface area contributed by atoms with Crippen molar-refractivity contribution in [3.8, 4) is 0 Å². The molecule has 5 heteroatoms. The molecule has 0 amide bonds. The Hall–Kier alpha value is -1.33. The summed E-state index contributed by atoms with van der Waals surface area (Å²) < 4.78 is 1.07. The molecule has 0 aliphatic carbocycles. The fourth-order valence-electron chi connectivity index (χ4n) is 3.71. The molecule has 21 heavy (non-hydrogen) atoms. The Morgan fingerprint density at radius 2 is 2.14 bits per heavy atom. The summed E-state index contributed by atoms with van der Waals surface area (Å²) in [5.74, 6) is 0. The first kappa shape index (κ1) is 13.3. The average Bonchev–Trinajstić information content (AvgIpc) is 2.94. The molecule has 1 aromatic carbocycles. The van der Waals surface area contributed by atoms with E-state index in [2.05, 4.69) is 36.8 Å². The van der Waals surface area contributed by atoms with E-state index < -0.39 is 0 Å². The number of benzene rings is 1. The van der Waals surface area contributed by atoms with Gasteiger partial charge in [0.15, 0.2) is 0 Å². The fourth-order valence-corrected chi connectivity index (χ4v) is 4.07. The van der Waals surface area contributed by atoms with E-state index in [1.54, 1.807) is 6.20 Å². The first-order valence-corrected chi connectivity index (χ1v) is 8.34. The van der Waals surface area contributed by atoms with Gasteiger partial charge in [-0.1, -0.05) is 15.9 Å². The topological polar surface area (TPSA) is 45.4 Å². The first-order chi connectivity index (χ1) is 10.2. The maximum Gasteiger partial charge on any atom is 0.0745 e. The highest BCUT2D eigenvalue weighted by atomic mass is 79.9. The Balaban J connectivity index is 1.78. The van der Waals surface area contributed by atoms with E-state index in [0.717, 1.165) is 46.4 Å². The van der Waals surface area contributed by atoms with Crippen molar-refractivity contribution in [2.45, 2.75) is 18.9 Å². The van der Waals surface area contributed by atoms with Gasteiger partial charge in [0.1, 0.15) is 0 Å². The van der Waals surface area contributed by atoms with Crippen molar-refractivity contribution >= 4 is 38.2 Å². The highest BCUT2D eigenvalue weighted by molar-refractivity contribution is 9.10. The molecule has 0 radical (unpaired) electrons. The number of nitrogen functional groups attached to an aromatic ring is 1. The predicted octanol–water partition coefficient (Wildman–Crippen LogP) is 2.86. The van der Waals surface area contributed by atoms with Gasteiger partial charge in [-0.3, -0.25) is 9.88 Å². The maximum absolute atomic E-state index is 6.27. The Morgan fingerprint density at radius 1 is 1.24 bits per heavy atom. The molecular formula is C16H19BrN4. The molecule has 4 rings (SSSR count). The second-order valence-corrected chi connectivity index (χ2v) is 6.92. The minimum absolute atomic E-state index is 0.688. The standard InChI is InChI=1S/C16H19BrN4/c17-11-3-4-15-13(8-11)16(14(18)9-19-15)21-7-6-20-5-1-2-12(20)10-21/h3-4,8-9,12H,1-2,5-7,10,18H2. The minimum atomic E-state index is 0.688. The molecule has 0 bridgehead atoms. The van der Waals surface area contributed by atoms with E-state index in [1.165, 1.54) is 19.4 Å². The van der Waals surface area contributed by atoms with Gasteiger partial charge >= 0.3 is 0 Å². The number of rotatable bonds is 1. The van der Waals surface area contributed by atoms with Crippen LogP contribution in [0, 0.1) is 0 Å². The molecule has 2 aromatic rings. The molecular weight excluding hydrogens is 328 g/mol. The molecule has 0 spiro atoms. The lowest BCUT2D eigenvalue weighted by atomic mass is 10.1. The number of fused-ring (bicyclic) bond motifs is 2. The van der Waals surface area contributed by atoms with Crippen LogP contribution in [0.15, 0.2) is 28.9 Å². The van der Waals surface area contributed by atoms with E-state index in [4.69, 9.17) is 5.73 Å². The summed E-state index contributed by atoms with van der Waals surface area (Å²) in [6.07, 6.45) is 4.44. The summed E-state index contributed by atoms with van der Waals surface area (Å²) in [6, 6.07) is 6.90. The van der Waals surface area contributed by atoms with Gasteiger partial charge < -0.3 is 10.6 Å². The zero-order valence-corrected chi connectivity index (χ0v) is 13.5. The summed E-state index contributed by atoms with van der Waals surface area (Å²) >= 11 is 3.56. The van der Waals surface area contributed by atoms with E-state index in [-0.39, 0.29) is 0 Å². The molecule has 2 aliphatic rings. The summed E-state index contributed by atoms with van der Waals surface area (Å²) in [5, 5.41) is 1.15. The van der Waals surface area contributed by atoms with Crippen molar-refractivity contribution in [3.05, 3.63) is 28.9 Å². The van der Waals surface area contributed by atoms with Crippen LogP contribution in [0.25, 0.3) is 10.9 Å². The quantitative estimate of drug-likeness (QED) is 0.862. The van der Waals surface area contributed by atoms with Crippen LogP contribution in [0.2, 0.25) is 0 Å². The number of piperazine rings is 1. The molecule has 110 valence electrons. The van der Waals surface area contributed by atoms with Gasteiger partial charge in [0.25, 0.3) is 0 Å². The van der Waals surface area contributed by atoms with E-state index in [9.17, 15) is 0 Å². The normalized spacial score (nSPS) is 22.7.